The third kappa shape index (κ3) is 3.93. The van der Waals surface area contributed by atoms with Crippen LogP contribution in [0.3, 0.4) is 0 Å². The van der Waals surface area contributed by atoms with E-state index in [9.17, 15) is 4.79 Å². The summed E-state index contributed by atoms with van der Waals surface area (Å²) < 4.78 is 12.0. The monoisotopic (exact) mass is 402 g/mol. The summed E-state index contributed by atoms with van der Waals surface area (Å²) in [6.07, 6.45) is 2.00. The zero-order chi connectivity index (χ0) is 18.8. The van der Waals surface area contributed by atoms with Crippen molar-refractivity contribution in [2.75, 3.05) is 25.2 Å². The predicted octanol–water partition coefficient (Wildman–Crippen LogP) is 4.78. The van der Waals surface area contributed by atoms with E-state index in [1.807, 2.05) is 18.2 Å². The summed E-state index contributed by atoms with van der Waals surface area (Å²) in [6, 6.07) is 12.6. The summed E-state index contributed by atoms with van der Waals surface area (Å²) in [4.78, 5) is 19.6. The quantitative estimate of drug-likeness (QED) is 0.616. The van der Waals surface area contributed by atoms with Gasteiger partial charge >= 0.3 is 0 Å². The van der Waals surface area contributed by atoms with Gasteiger partial charge in [0.2, 0.25) is 0 Å². The number of ether oxygens (including phenoxy) is 2. The molecule has 140 valence electrons. The van der Waals surface area contributed by atoms with Crippen molar-refractivity contribution in [2.45, 2.75) is 18.9 Å². The molecule has 1 amide bonds. The number of carbonyl (C=O) groups excluding carboxylic acids is 1. The normalized spacial score (nSPS) is 16.6. The van der Waals surface area contributed by atoms with Crippen molar-refractivity contribution in [3.63, 3.8) is 0 Å². The number of nitrogens with zero attached hydrogens (tertiary/aromatic N) is 2. The minimum absolute atomic E-state index is 0.0304. The van der Waals surface area contributed by atoms with Gasteiger partial charge in [0, 0.05) is 17.2 Å². The molecule has 0 spiro atoms. The molecule has 1 unspecified atom stereocenters. The molecule has 0 bridgehead atoms. The number of hydrogen-bond acceptors (Lipinski definition) is 5. The summed E-state index contributed by atoms with van der Waals surface area (Å²) in [5.74, 6) is 0.667. The Hall–Kier alpha value is -2.15. The van der Waals surface area contributed by atoms with E-state index in [1.54, 1.807) is 36.3 Å². The van der Waals surface area contributed by atoms with E-state index in [-0.39, 0.29) is 12.0 Å². The number of halogens is 1. The highest BCUT2D eigenvalue weighted by atomic mass is 35.5. The Bertz CT molecular complexity index is 952. The van der Waals surface area contributed by atoms with Crippen LogP contribution in [0.4, 0.5) is 5.13 Å². The number of benzene rings is 2. The van der Waals surface area contributed by atoms with E-state index in [1.165, 1.54) is 11.3 Å². The van der Waals surface area contributed by atoms with Crippen LogP contribution in [0.15, 0.2) is 42.5 Å². The predicted molar refractivity (Wildman–Crippen MR) is 108 cm³/mol. The first kappa shape index (κ1) is 18.2. The maximum absolute atomic E-state index is 13.2. The second kappa shape index (κ2) is 7.84. The van der Waals surface area contributed by atoms with Gasteiger partial charge < -0.3 is 9.47 Å². The summed E-state index contributed by atoms with van der Waals surface area (Å²) in [5.41, 5.74) is 1.42. The molecule has 0 aliphatic carbocycles. The van der Waals surface area contributed by atoms with Crippen LogP contribution in [0.2, 0.25) is 5.02 Å². The average molecular weight is 403 g/mol. The molecule has 5 nitrogen and oxygen atoms in total. The molecule has 1 aliphatic heterocycles. The zero-order valence-corrected chi connectivity index (χ0v) is 16.4. The molecule has 1 aromatic heterocycles. The lowest BCUT2D eigenvalue weighted by molar-refractivity contribution is 0.0917. The summed E-state index contributed by atoms with van der Waals surface area (Å²) in [6.45, 7) is 1.23. The van der Waals surface area contributed by atoms with E-state index in [0.717, 1.165) is 35.4 Å². The SMILES string of the molecule is COc1ccc2nc(N(CC3CCCO3)C(=O)c3ccc(Cl)cc3)sc2c1. The van der Waals surface area contributed by atoms with Crippen LogP contribution < -0.4 is 9.64 Å². The number of hydrogen-bond donors (Lipinski definition) is 0. The first-order chi connectivity index (χ1) is 13.1. The van der Waals surface area contributed by atoms with Crippen molar-refractivity contribution >= 4 is 44.2 Å². The Morgan fingerprint density at radius 2 is 2.15 bits per heavy atom. The lowest BCUT2D eigenvalue weighted by Gasteiger charge is -2.23. The van der Waals surface area contributed by atoms with Crippen molar-refractivity contribution < 1.29 is 14.3 Å². The number of carbonyl (C=O) groups is 1. The van der Waals surface area contributed by atoms with Crippen molar-refractivity contribution in [3.05, 3.63) is 53.1 Å². The van der Waals surface area contributed by atoms with Gasteiger partial charge in [0.1, 0.15) is 5.75 Å². The molecule has 1 saturated heterocycles. The summed E-state index contributed by atoms with van der Waals surface area (Å²) in [7, 11) is 1.64. The third-order valence-electron chi connectivity index (χ3n) is 4.56. The van der Waals surface area contributed by atoms with E-state index in [0.29, 0.717) is 22.3 Å². The summed E-state index contributed by atoms with van der Waals surface area (Å²) in [5, 5.41) is 1.26. The van der Waals surface area contributed by atoms with Gasteiger partial charge in [0.25, 0.3) is 5.91 Å². The van der Waals surface area contributed by atoms with Gasteiger partial charge in [-0.05, 0) is 55.3 Å². The number of methoxy groups -OCH3 is 1. The molecular weight excluding hydrogens is 384 g/mol. The molecule has 2 heterocycles. The van der Waals surface area contributed by atoms with Gasteiger partial charge in [-0.3, -0.25) is 9.69 Å². The fourth-order valence-corrected chi connectivity index (χ4v) is 4.25. The lowest BCUT2D eigenvalue weighted by Crippen LogP contribution is -2.37. The van der Waals surface area contributed by atoms with Gasteiger partial charge in [-0.2, -0.15) is 0 Å². The molecular formula is C20H19ClN2O3S. The number of aromatic nitrogens is 1. The molecule has 4 rings (SSSR count). The first-order valence-electron chi connectivity index (χ1n) is 8.77. The van der Waals surface area contributed by atoms with Crippen LogP contribution >= 0.6 is 22.9 Å². The van der Waals surface area contributed by atoms with Gasteiger partial charge in [0.05, 0.1) is 30.0 Å². The van der Waals surface area contributed by atoms with Crippen molar-refractivity contribution in [1.82, 2.24) is 4.98 Å². The van der Waals surface area contributed by atoms with Crippen molar-refractivity contribution in [2.24, 2.45) is 0 Å². The number of thiazole rings is 1. The lowest BCUT2D eigenvalue weighted by atomic mass is 10.2. The van der Waals surface area contributed by atoms with E-state index >= 15 is 0 Å². The fraction of sp³-hybridized carbons (Fsp3) is 0.300. The Balaban J connectivity index is 1.70. The molecule has 27 heavy (non-hydrogen) atoms. The first-order valence-corrected chi connectivity index (χ1v) is 9.97. The van der Waals surface area contributed by atoms with Crippen LogP contribution in [-0.4, -0.2) is 37.3 Å². The Morgan fingerprint density at radius 3 is 2.85 bits per heavy atom. The topological polar surface area (TPSA) is 51.7 Å². The van der Waals surface area contributed by atoms with Crippen LogP contribution in [0.5, 0.6) is 5.75 Å². The standard InChI is InChI=1S/C20H19ClN2O3S/c1-25-15-8-9-17-18(11-15)27-20(22-17)23(12-16-3-2-10-26-16)19(24)13-4-6-14(21)7-5-13/h4-9,11,16H,2-3,10,12H2,1H3. The molecule has 0 N–H and O–H groups in total. The molecule has 3 aromatic rings. The van der Waals surface area contributed by atoms with Crippen LogP contribution in [-0.2, 0) is 4.74 Å². The van der Waals surface area contributed by atoms with Crippen molar-refractivity contribution in [1.29, 1.82) is 0 Å². The maximum atomic E-state index is 13.2. The second-order valence-electron chi connectivity index (χ2n) is 6.39. The van der Waals surface area contributed by atoms with E-state index in [4.69, 9.17) is 21.1 Å². The summed E-state index contributed by atoms with van der Waals surface area (Å²) >= 11 is 7.44. The average Bonchev–Trinajstić information content (AvgIpc) is 3.34. The minimum Gasteiger partial charge on any atom is -0.497 e. The number of anilines is 1. The Labute approximate surface area is 166 Å². The highest BCUT2D eigenvalue weighted by Gasteiger charge is 2.27. The molecule has 1 atom stereocenters. The van der Waals surface area contributed by atoms with E-state index in [2.05, 4.69) is 4.98 Å². The zero-order valence-electron chi connectivity index (χ0n) is 14.9. The molecule has 2 aromatic carbocycles. The molecule has 1 aliphatic rings. The highest BCUT2D eigenvalue weighted by molar-refractivity contribution is 7.22. The van der Waals surface area contributed by atoms with Gasteiger partial charge in [-0.15, -0.1) is 0 Å². The van der Waals surface area contributed by atoms with Gasteiger partial charge in [-0.1, -0.05) is 22.9 Å². The second-order valence-corrected chi connectivity index (χ2v) is 7.83. The van der Waals surface area contributed by atoms with Crippen LogP contribution in [0, 0.1) is 0 Å². The molecule has 0 radical (unpaired) electrons. The molecule has 7 heteroatoms. The van der Waals surface area contributed by atoms with Gasteiger partial charge in [0.15, 0.2) is 5.13 Å². The van der Waals surface area contributed by atoms with E-state index < -0.39 is 0 Å². The molecule has 1 fully saturated rings. The number of rotatable bonds is 5. The van der Waals surface area contributed by atoms with Crippen LogP contribution in [0.25, 0.3) is 10.2 Å². The minimum atomic E-state index is -0.104. The fourth-order valence-electron chi connectivity index (χ4n) is 3.12. The van der Waals surface area contributed by atoms with Crippen LogP contribution in [0.1, 0.15) is 23.2 Å². The Morgan fingerprint density at radius 1 is 1.33 bits per heavy atom. The highest BCUT2D eigenvalue weighted by Crippen LogP contribution is 2.33. The number of fused-ring (bicyclic) bond motifs is 1. The van der Waals surface area contributed by atoms with Gasteiger partial charge in [-0.25, -0.2) is 4.98 Å². The van der Waals surface area contributed by atoms with Crippen molar-refractivity contribution in [3.8, 4) is 5.75 Å². The molecule has 0 saturated carbocycles. The number of amides is 1. The Kier molecular flexibility index (Phi) is 5.29. The largest absolute Gasteiger partial charge is 0.497 e. The smallest absolute Gasteiger partial charge is 0.260 e. The third-order valence-corrected chi connectivity index (χ3v) is 5.85. The maximum Gasteiger partial charge on any atom is 0.260 e.